The van der Waals surface area contributed by atoms with Gasteiger partial charge in [0.25, 0.3) is 0 Å². The summed E-state index contributed by atoms with van der Waals surface area (Å²) in [5, 5.41) is 20.6. The second kappa shape index (κ2) is 5.84. The summed E-state index contributed by atoms with van der Waals surface area (Å²) in [6.07, 6.45) is 7.49. The first-order valence-corrected chi connectivity index (χ1v) is 11.5. The lowest BCUT2D eigenvalue weighted by molar-refractivity contribution is -0.126. The van der Waals surface area contributed by atoms with Crippen molar-refractivity contribution in [1.82, 2.24) is 0 Å². The zero-order valence-corrected chi connectivity index (χ0v) is 19.4. The van der Waals surface area contributed by atoms with E-state index in [0.717, 1.165) is 11.1 Å². The van der Waals surface area contributed by atoms with E-state index in [4.69, 9.17) is 0 Å². The summed E-state index contributed by atoms with van der Waals surface area (Å²) in [5.41, 5.74) is 8.39. The van der Waals surface area contributed by atoms with Crippen LogP contribution in [-0.2, 0) is 10.8 Å². The van der Waals surface area contributed by atoms with Crippen LogP contribution in [0.5, 0.6) is 11.5 Å². The van der Waals surface area contributed by atoms with Gasteiger partial charge in [0.15, 0.2) is 0 Å². The highest BCUT2D eigenvalue weighted by molar-refractivity contribution is 5.50. The largest absolute Gasteiger partial charge is 0.508 e. The molecular weight excluding hydrogens is 368 g/mol. The Hall–Kier alpha value is -1.96. The average Bonchev–Trinajstić information content (AvgIpc) is 2.58. The molecule has 160 valence electrons. The van der Waals surface area contributed by atoms with Crippen molar-refractivity contribution in [3.8, 4) is 11.5 Å². The first-order valence-electron chi connectivity index (χ1n) is 11.5. The van der Waals surface area contributed by atoms with Gasteiger partial charge in [-0.15, -0.1) is 0 Å². The molecule has 4 bridgehead atoms. The predicted octanol–water partition coefficient (Wildman–Crippen LogP) is 6.90. The highest BCUT2D eigenvalue weighted by Gasteiger charge is 2.66. The van der Waals surface area contributed by atoms with Gasteiger partial charge in [-0.25, -0.2) is 0 Å². The molecule has 2 aromatic rings. The van der Waals surface area contributed by atoms with Gasteiger partial charge in [-0.2, -0.15) is 0 Å². The number of aromatic hydroxyl groups is 2. The molecule has 0 aromatic heterocycles. The van der Waals surface area contributed by atoms with Crippen molar-refractivity contribution >= 4 is 0 Å². The van der Waals surface area contributed by atoms with Crippen LogP contribution in [0, 0.1) is 38.5 Å². The summed E-state index contributed by atoms with van der Waals surface area (Å²) in [6, 6.07) is 8.54. The molecule has 4 saturated carbocycles. The predicted molar refractivity (Wildman–Crippen MR) is 122 cm³/mol. The molecule has 0 aliphatic heterocycles. The molecule has 2 N–H and O–H groups in total. The molecule has 4 aliphatic rings. The second-order valence-electron chi connectivity index (χ2n) is 12.1. The van der Waals surface area contributed by atoms with E-state index >= 15 is 0 Å². The van der Waals surface area contributed by atoms with Crippen molar-refractivity contribution in [3.05, 3.63) is 57.6 Å². The monoisotopic (exact) mass is 404 g/mol. The minimum absolute atomic E-state index is 0.166. The molecule has 0 saturated heterocycles. The SMILES string of the molecule is Cc1cc(C23CC4(C)CC(C)(C2)CC(c2cc(C)c(O)cc2C)(C4)C3)c(C)cc1O. The zero-order chi connectivity index (χ0) is 21.7. The van der Waals surface area contributed by atoms with E-state index in [1.807, 2.05) is 26.0 Å². The number of phenols is 2. The van der Waals surface area contributed by atoms with Crippen molar-refractivity contribution in [1.29, 1.82) is 0 Å². The summed E-state index contributed by atoms with van der Waals surface area (Å²) in [7, 11) is 0. The summed E-state index contributed by atoms with van der Waals surface area (Å²) < 4.78 is 0. The molecule has 0 heterocycles. The van der Waals surface area contributed by atoms with Gasteiger partial charge in [-0.05, 0) is 133 Å². The minimum Gasteiger partial charge on any atom is -0.508 e. The first kappa shape index (κ1) is 20.0. The third-order valence-corrected chi connectivity index (χ3v) is 8.82. The standard InChI is InChI=1S/C28H36O2/c1-17-9-23(29)19(3)7-21(17)27-12-25(5)11-26(6,13-27)15-28(14-25,16-27)22-8-20(4)24(30)10-18(22)2/h7-10,29-30H,11-16H2,1-6H3. The highest BCUT2D eigenvalue weighted by Crippen LogP contribution is 2.74. The second-order valence-corrected chi connectivity index (χ2v) is 12.1. The van der Waals surface area contributed by atoms with Gasteiger partial charge in [0, 0.05) is 0 Å². The van der Waals surface area contributed by atoms with Crippen molar-refractivity contribution in [2.45, 2.75) is 90.9 Å². The van der Waals surface area contributed by atoms with E-state index in [1.165, 1.54) is 60.8 Å². The fraction of sp³-hybridized carbons (Fsp3) is 0.571. The highest BCUT2D eigenvalue weighted by atomic mass is 16.3. The molecular formula is C28H36O2. The quantitative estimate of drug-likeness (QED) is 0.571. The number of aryl methyl sites for hydroxylation is 4. The third-order valence-electron chi connectivity index (χ3n) is 8.82. The van der Waals surface area contributed by atoms with Crippen molar-refractivity contribution < 1.29 is 10.2 Å². The Balaban J connectivity index is 1.74. The topological polar surface area (TPSA) is 40.5 Å². The van der Waals surface area contributed by atoms with Crippen LogP contribution < -0.4 is 0 Å². The van der Waals surface area contributed by atoms with Crippen molar-refractivity contribution in [2.75, 3.05) is 0 Å². The van der Waals surface area contributed by atoms with Crippen LogP contribution in [0.25, 0.3) is 0 Å². The van der Waals surface area contributed by atoms with Gasteiger partial charge in [-0.3, -0.25) is 0 Å². The summed E-state index contributed by atoms with van der Waals surface area (Å²) in [5.74, 6) is 0.830. The fourth-order valence-electron chi connectivity index (χ4n) is 9.01. The lowest BCUT2D eigenvalue weighted by Crippen LogP contribution is -2.63. The minimum atomic E-state index is 0.166. The molecule has 4 aliphatic carbocycles. The van der Waals surface area contributed by atoms with Gasteiger partial charge in [0.2, 0.25) is 0 Å². The average molecular weight is 405 g/mol. The van der Waals surface area contributed by atoms with Crippen LogP contribution in [0.2, 0.25) is 0 Å². The maximum absolute atomic E-state index is 10.3. The molecule has 2 aromatic carbocycles. The molecule has 2 heteroatoms. The Labute approximate surface area is 181 Å². The number of phenolic OH excluding ortho intramolecular Hbond substituents is 2. The van der Waals surface area contributed by atoms with E-state index < -0.39 is 0 Å². The summed E-state index contributed by atoms with van der Waals surface area (Å²) in [6.45, 7) is 13.5. The molecule has 0 atom stereocenters. The van der Waals surface area contributed by atoms with E-state index in [1.54, 1.807) is 0 Å². The number of rotatable bonds is 2. The van der Waals surface area contributed by atoms with Gasteiger partial charge in [-0.1, -0.05) is 26.0 Å². The van der Waals surface area contributed by atoms with Crippen molar-refractivity contribution in [3.63, 3.8) is 0 Å². The normalized spacial score (nSPS) is 37.0. The Morgan fingerprint density at radius 3 is 1.27 bits per heavy atom. The van der Waals surface area contributed by atoms with E-state index in [-0.39, 0.29) is 10.8 Å². The lowest BCUT2D eigenvalue weighted by Gasteiger charge is -2.70. The van der Waals surface area contributed by atoms with Gasteiger partial charge >= 0.3 is 0 Å². The van der Waals surface area contributed by atoms with Gasteiger partial charge in [0.1, 0.15) is 11.5 Å². The van der Waals surface area contributed by atoms with E-state index in [2.05, 4.69) is 39.8 Å². The summed E-state index contributed by atoms with van der Waals surface area (Å²) >= 11 is 0. The molecule has 0 radical (unpaired) electrons. The van der Waals surface area contributed by atoms with E-state index in [0.29, 0.717) is 22.3 Å². The summed E-state index contributed by atoms with van der Waals surface area (Å²) in [4.78, 5) is 0. The maximum Gasteiger partial charge on any atom is 0.118 e. The first-order chi connectivity index (χ1) is 13.9. The Bertz CT molecular complexity index is 965. The third kappa shape index (κ3) is 2.68. The molecule has 4 fully saturated rings. The number of hydrogen-bond donors (Lipinski definition) is 2. The fourth-order valence-corrected chi connectivity index (χ4v) is 9.01. The van der Waals surface area contributed by atoms with E-state index in [9.17, 15) is 10.2 Å². The number of hydrogen-bond acceptors (Lipinski definition) is 2. The molecule has 0 amide bonds. The van der Waals surface area contributed by atoms with Crippen LogP contribution in [-0.4, -0.2) is 10.2 Å². The van der Waals surface area contributed by atoms with Crippen LogP contribution in [0.1, 0.15) is 85.8 Å². The Morgan fingerprint density at radius 1 is 0.533 bits per heavy atom. The van der Waals surface area contributed by atoms with Crippen LogP contribution >= 0.6 is 0 Å². The van der Waals surface area contributed by atoms with Crippen LogP contribution in [0.15, 0.2) is 24.3 Å². The van der Waals surface area contributed by atoms with Crippen LogP contribution in [0.3, 0.4) is 0 Å². The lowest BCUT2D eigenvalue weighted by atomic mass is 9.34. The molecule has 0 unspecified atom stereocenters. The zero-order valence-electron chi connectivity index (χ0n) is 19.4. The Kier molecular flexibility index (Phi) is 3.89. The Morgan fingerprint density at radius 2 is 0.900 bits per heavy atom. The smallest absolute Gasteiger partial charge is 0.118 e. The maximum atomic E-state index is 10.3. The molecule has 2 nitrogen and oxygen atoms in total. The molecule has 30 heavy (non-hydrogen) atoms. The number of benzene rings is 2. The van der Waals surface area contributed by atoms with Gasteiger partial charge in [0.05, 0.1) is 0 Å². The van der Waals surface area contributed by atoms with Crippen LogP contribution in [0.4, 0.5) is 0 Å². The molecule has 6 rings (SSSR count). The molecule has 0 spiro atoms. The van der Waals surface area contributed by atoms with Crippen molar-refractivity contribution in [2.24, 2.45) is 10.8 Å². The van der Waals surface area contributed by atoms with Gasteiger partial charge < -0.3 is 10.2 Å².